The van der Waals surface area contributed by atoms with Gasteiger partial charge in [-0.3, -0.25) is 4.79 Å². The van der Waals surface area contributed by atoms with Gasteiger partial charge in [0.15, 0.2) is 0 Å². The van der Waals surface area contributed by atoms with Crippen LogP contribution in [0.4, 0.5) is 4.39 Å². The van der Waals surface area contributed by atoms with Crippen LogP contribution in [0.2, 0.25) is 0 Å². The van der Waals surface area contributed by atoms with Crippen molar-refractivity contribution in [3.8, 4) is 0 Å². The van der Waals surface area contributed by atoms with Crippen LogP contribution in [-0.2, 0) is 11.2 Å². The second-order valence-corrected chi connectivity index (χ2v) is 7.66. The zero-order valence-electron chi connectivity index (χ0n) is 13.4. The molecule has 0 saturated carbocycles. The number of carbonyl (C=O) groups excluding carboxylic acids is 1. The van der Waals surface area contributed by atoms with Crippen LogP contribution in [0.1, 0.15) is 47.9 Å². The molecule has 2 nitrogen and oxygen atoms in total. The number of benzene rings is 2. The first-order valence-electron chi connectivity index (χ1n) is 8.53. The van der Waals surface area contributed by atoms with Crippen LogP contribution >= 0.6 is 11.8 Å². The summed E-state index contributed by atoms with van der Waals surface area (Å²) in [4.78, 5) is 14.0. The standard InChI is InChI=1S/C20H20FNOS/c21-14-8-9-19-17(12-14)18(10-11-24-19)22-20(23)16-7-3-5-13-4-1-2-6-15(13)16/h1-2,4,6,8-9,12,16,18H,3,5,7,10-11H2,(H,22,23)/t16-,18-/m0/s1. The summed E-state index contributed by atoms with van der Waals surface area (Å²) < 4.78 is 13.6. The van der Waals surface area contributed by atoms with Gasteiger partial charge in [0.25, 0.3) is 0 Å². The van der Waals surface area contributed by atoms with Crippen molar-refractivity contribution < 1.29 is 9.18 Å². The van der Waals surface area contributed by atoms with E-state index in [1.807, 2.05) is 18.2 Å². The largest absolute Gasteiger partial charge is 0.349 e. The first-order chi connectivity index (χ1) is 11.7. The van der Waals surface area contributed by atoms with Crippen LogP contribution in [-0.4, -0.2) is 11.7 Å². The third-order valence-corrected chi connectivity index (χ3v) is 6.14. The Morgan fingerprint density at radius 3 is 2.92 bits per heavy atom. The van der Waals surface area contributed by atoms with Gasteiger partial charge in [0.2, 0.25) is 5.91 Å². The van der Waals surface area contributed by atoms with Gasteiger partial charge in [-0.2, -0.15) is 0 Å². The number of rotatable bonds is 2. The van der Waals surface area contributed by atoms with Crippen molar-refractivity contribution in [1.29, 1.82) is 0 Å². The molecular weight excluding hydrogens is 321 g/mol. The van der Waals surface area contributed by atoms with Crippen LogP contribution < -0.4 is 5.32 Å². The zero-order chi connectivity index (χ0) is 16.5. The van der Waals surface area contributed by atoms with Gasteiger partial charge in [-0.1, -0.05) is 24.3 Å². The molecule has 124 valence electrons. The van der Waals surface area contributed by atoms with E-state index in [1.165, 1.54) is 11.6 Å². The third kappa shape index (κ3) is 2.95. The molecule has 2 aromatic rings. The fraction of sp³-hybridized carbons (Fsp3) is 0.350. The zero-order valence-corrected chi connectivity index (χ0v) is 14.2. The molecule has 4 rings (SSSR count). The summed E-state index contributed by atoms with van der Waals surface area (Å²) in [7, 11) is 0. The molecule has 24 heavy (non-hydrogen) atoms. The Bertz CT molecular complexity index is 776. The summed E-state index contributed by atoms with van der Waals surface area (Å²) in [5.41, 5.74) is 3.36. The highest BCUT2D eigenvalue weighted by atomic mass is 32.2. The number of carbonyl (C=O) groups is 1. The maximum Gasteiger partial charge on any atom is 0.228 e. The van der Waals surface area contributed by atoms with E-state index in [2.05, 4.69) is 17.4 Å². The number of nitrogens with one attached hydrogen (secondary N) is 1. The van der Waals surface area contributed by atoms with Gasteiger partial charge >= 0.3 is 0 Å². The van der Waals surface area contributed by atoms with Crippen molar-refractivity contribution >= 4 is 17.7 Å². The molecule has 1 heterocycles. The Morgan fingerprint density at radius 2 is 2.00 bits per heavy atom. The molecule has 0 unspecified atom stereocenters. The Hall–Kier alpha value is -1.81. The first kappa shape index (κ1) is 15.7. The second kappa shape index (κ2) is 6.60. The Morgan fingerprint density at radius 1 is 1.12 bits per heavy atom. The van der Waals surface area contributed by atoms with Crippen molar-refractivity contribution in [3.63, 3.8) is 0 Å². The normalized spacial score (nSPS) is 22.4. The first-order valence-corrected chi connectivity index (χ1v) is 9.51. The van der Waals surface area contributed by atoms with Gasteiger partial charge in [0.1, 0.15) is 5.82 Å². The second-order valence-electron chi connectivity index (χ2n) is 6.52. The molecular formula is C20H20FNOS. The van der Waals surface area contributed by atoms with E-state index < -0.39 is 0 Å². The van der Waals surface area contributed by atoms with E-state index in [9.17, 15) is 9.18 Å². The molecule has 1 aliphatic heterocycles. The molecule has 0 bridgehead atoms. The fourth-order valence-corrected chi connectivity index (χ4v) is 4.92. The Labute approximate surface area is 145 Å². The summed E-state index contributed by atoms with van der Waals surface area (Å²) in [5, 5.41) is 3.19. The quantitative estimate of drug-likeness (QED) is 0.865. The molecule has 1 aliphatic carbocycles. The molecule has 0 saturated heterocycles. The molecule has 0 radical (unpaired) electrons. The van der Waals surface area contributed by atoms with Gasteiger partial charge < -0.3 is 5.32 Å². The van der Waals surface area contributed by atoms with Crippen molar-refractivity contribution in [2.75, 3.05) is 5.75 Å². The highest BCUT2D eigenvalue weighted by Gasteiger charge is 2.29. The van der Waals surface area contributed by atoms with E-state index in [1.54, 1.807) is 17.8 Å². The molecule has 2 aliphatic rings. The number of hydrogen-bond donors (Lipinski definition) is 1. The molecule has 2 aromatic carbocycles. The minimum atomic E-state index is -0.237. The summed E-state index contributed by atoms with van der Waals surface area (Å²) in [6.45, 7) is 0. The molecule has 0 aromatic heterocycles. The van der Waals surface area contributed by atoms with E-state index in [0.29, 0.717) is 0 Å². The van der Waals surface area contributed by atoms with Gasteiger partial charge in [0, 0.05) is 10.6 Å². The lowest BCUT2D eigenvalue weighted by molar-refractivity contribution is -0.123. The van der Waals surface area contributed by atoms with Gasteiger partial charge in [-0.15, -0.1) is 11.8 Å². The topological polar surface area (TPSA) is 29.1 Å². The van der Waals surface area contributed by atoms with E-state index in [4.69, 9.17) is 0 Å². The van der Waals surface area contributed by atoms with E-state index in [-0.39, 0.29) is 23.7 Å². The van der Waals surface area contributed by atoms with Crippen molar-refractivity contribution in [2.45, 2.75) is 42.5 Å². The predicted molar refractivity (Wildman–Crippen MR) is 94.7 cm³/mol. The average Bonchev–Trinajstić information content (AvgIpc) is 2.61. The van der Waals surface area contributed by atoms with Crippen molar-refractivity contribution in [3.05, 3.63) is 65.0 Å². The van der Waals surface area contributed by atoms with E-state index >= 15 is 0 Å². The number of halogens is 1. The lowest BCUT2D eigenvalue weighted by atomic mass is 9.82. The average molecular weight is 341 g/mol. The number of thioether (sulfide) groups is 1. The number of hydrogen-bond acceptors (Lipinski definition) is 2. The molecule has 4 heteroatoms. The van der Waals surface area contributed by atoms with Gasteiger partial charge in [-0.25, -0.2) is 4.39 Å². The molecule has 1 amide bonds. The molecule has 1 N–H and O–H groups in total. The Balaban J connectivity index is 1.57. The summed E-state index contributed by atoms with van der Waals surface area (Å²) >= 11 is 1.73. The third-order valence-electron chi connectivity index (χ3n) is 5.01. The minimum absolute atomic E-state index is 0.0780. The maximum absolute atomic E-state index is 13.6. The number of aryl methyl sites for hydroxylation is 1. The van der Waals surface area contributed by atoms with Gasteiger partial charge in [-0.05, 0) is 60.6 Å². The molecule has 0 fully saturated rings. The molecule has 2 atom stereocenters. The number of amides is 1. The highest BCUT2D eigenvalue weighted by molar-refractivity contribution is 7.99. The maximum atomic E-state index is 13.6. The Kier molecular flexibility index (Phi) is 4.31. The number of fused-ring (bicyclic) bond motifs is 2. The minimum Gasteiger partial charge on any atom is -0.349 e. The van der Waals surface area contributed by atoms with Crippen molar-refractivity contribution in [1.82, 2.24) is 5.32 Å². The van der Waals surface area contributed by atoms with E-state index in [0.717, 1.165) is 47.5 Å². The monoisotopic (exact) mass is 341 g/mol. The SMILES string of the molecule is O=C(N[C@H]1CCSc2ccc(F)cc21)[C@H]1CCCc2ccccc21. The lowest BCUT2D eigenvalue weighted by Gasteiger charge is -2.30. The fourth-order valence-electron chi connectivity index (χ4n) is 3.81. The smallest absolute Gasteiger partial charge is 0.228 e. The summed E-state index contributed by atoms with van der Waals surface area (Å²) in [6.07, 6.45) is 3.83. The van der Waals surface area contributed by atoms with Crippen LogP contribution in [0.15, 0.2) is 47.4 Å². The summed E-state index contributed by atoms with van der Waals surface area (Å²) in [5.74, 6) is 0.708. The lowest BCUT2D eigenvalue weighted by Crippen LogP contribution is -2.35. The van der Waals surface area contributed by atoms with Crippen LogP contribution in [0.5, 0.6) is 0 Å². The van der Waals surface area contributed by atoms with Crippen LogP contribution in [0.3, 0.4) is 0 Å². The van der Waals surface area contributed by atoms with Crippen LogP contribution in [0.25, 0.3) is 0 Å². The molecule has 0 spiro atoms. The summed E-state index contributed by atoms with van der Waals surface area (Å²) in [6, 6.07) is 13.0. The predicted octanol–water partition coefficient (Wildman–Crippen LogP) is 4.60. The highest BCUT2D eigenvalue weighted by Crippen LogP contribution is 2.38. The van der Waals surface area contributed by atoms with Crippen LogP contribution in [0, 0.1) is 5.82 Å². The van der Waals surface area contributed by atoms with Gasteiger partial charge in [0.05, 0.1) is 12.0 Å². The van der Waals surface area contributed by atoms with Crippen molar-refractivity contribution in [2.24, 2.45) is 0 Å².